The molecule has 2 aromatic rings. The van der Waals surface area contributed by atoms with E-state index in [-0.39, 0.29) is 5.92 Å². The zero-order valence-electron chi connectivity index (χ0n) is 10.8. The van der Waals surface area contributed by atoms with Gasteiger partial charge in [0.15, 0.2) is 0 Å². The molecular formula is C15H17ClN2O. The first-order valence-electron chi connectivity index (χ1n) is 6.17. The average Bonchev–Trinajstić information content (AvgIpc) is 2.43. The van der Waals surface area contributed by atoms with Crippen LogP contribution in [-0.2, 0) is 0 Å². The van der Waals surface area contributed by atoms with Gasteiger partial charge in [0, 0.05) is 29.9 Å². The zero-order chi connectivity index (χ0) is 13.8. The molecule has 0 saturated heterocycles. The maximum absolute atomic E-state index is 10.6. The highest BCUT2D eigenvalue weighted by Gasteiger charge is 2.23. The Hall–Kier alpha value is -1.42. The van der Waals surface area contributed by atoms with Gasteiger partial charge in [0.1, 0.15) is 0 Å². The van der Waals surface area contributed by atoms with E-state index in [1.807, 2.05) is 31.2 Å². The second-order valence-corrected chi connectivity index (χ2v) is 5.00. The van der Waals surface area contributed by atoms with E-state index in [1.165, 1.54) is 0 Å². The van der Waals surface area contributed by atoms with Crippen LogP contribution in [0.25, 0.3) is 0 Å². The van der Waals surface area contributed by atoms with Gasteiger partial charge in [0.05, 0.1) is 6.10 Å². The molecule has 0 fully saturated rings. The van der Waals surface area contributed by atoms with Gasteiger partial charge in [-0.05, 0) is 47.9 Å². The van der Waals surface area contributed by atoms with E-state index in [0.717, 1.165) is 16.7 Å². The lowest BCUT2D eigenvalue weighted by molar-refractivity contribution is 0.146. The molecule has 2 atom stereocenters. The molecule has 1 heterocycles. The van der Waals surface area contributed by atoms with Gasteiger partial charge >= 0.3 is 0 Å². The van der Waals surface area contributed by atoms with Crippen LogP contribution >= 0.6 is 11.6 Å². The van der Waals surface area contributed by atoms with Crippen molar-refractivity contribution in [3.63, 3.8) is 0 Å². The topological polar surface area (TPSA) is 59.1 Å². The zero-order valence-corrected chi connectivity index (χ0v) is 11.5. The standard InChI is InChI=1S/C15H17ClN2O/c1-10-2-3-12(16)8-13(10)15(19)14(9-17)11-4-6-18-7-5-11/h2-8,14-15,19H,9,17H2,1H3. The van der Waals surface area contributed by atoms with E-state index >= 15 is 0 Å². The monoisotopic (exact) mass is 276 g/mol. The van der Waals surface area contributed by atoms with Crippen LogP contribution in [0.4, 0.5) is 0 Å². The number of nitrogens with two attached hydrogens (primary N) is 1. The largest absolute Gasteiger partial charge is 0.388 e. The summed E-state index contributed by atoms with van der Waals surface area (Å²) in [6.07, 6.45) is 2.73. The maximum atomic E-state index is 10.6. The van der Waals surface area contributed by atoms with Crippen molar-refractivity contribution in [2.45, 2.75) is 18.9 Å². The summed E-state index contributed by atoms with van der Waals surface area (Å²) in [4.78, 5) is 3.98. The number of aryl methyl sites for hydroxylation is 1. The lowest BCUT2D eigenvalue weighted by atomic mass is 9.88. The van der Waals surface area contributed by atoms with Crippen LogP contribution in [0.5, 0.6) is 0 Å². The summed E-state index contributed by atoms with van der Waals surface area (Å²) in [5, 5.41) is 11.2. The van der Waals surface area contributed by atoms with Crippen molar-refractivity contribution in [3.05, 3.63) is 64.4 Å². The van der Waals surface area contributed by atoms with E-state index in [1.54, 1.807) is 18.5 Å². The van der Waals surface area contributed by atoms with Gasteiger partial charge in [-0.25, -0.2) is 0 Å². The summed E-state index contributed by atoms with van der Waals surface area (Å²) >= 11 is 6.00. The SMILES string of the molecule is Cc1ccc(Cl)cc1C(O)C(CN)c1ccncc1. The van der Waals surface area contributed by atoms with Crippen molar-refractivity contribution in [3.8, 4) is 0 Å². The fraction of sp³-hybridized carbons (Fsp3) is 0.267. The summed E-state index contributed by atoms with van der Waals surface area (Å²) in [6, 6.07) is 9.27. The molecule has 3 nitrogen and oxygen atoms in total. The molecule has 0 bridgehead atoms. The average molecular weight is 277 g/mol. The molecular weight excluding hydrogens is 260 g/mol. The predicted molar refractivity (Wildman–Crippen MR) is 77.2 cm³/mol. The molecule has 0 spiro atoms. The lowest BCUT2D eigenvalue weighted by Crippen LogP contribution is -2.20. The molecule has 0 amide bonds. The number of hydrogen-bond acceptors (Lipinski definition) is 3. The highest BCUT2D eigenvalue weighted by molar-refractivity contribution is 6.30. The molecule has 2 rings (SSSR count). The Balaban J connectivity index is 2.36. The Labute approximate surface area is 118 Å². The fourth-order valence-corrected chi connectivity index (χ4v) is 2.39. The van der Waals surface area contributed by atoms with Crippen LogP contribution < -0.4 is 5.73 Å². The Morgan fingerprint density at radius 1 is 1.26 bits per heavy atom. The van der Waals surface area contributed by atoms with Gasteiger partial charge in [-0.3, -0.25) is 4.98 Å². The highest BCUT2D eigenvalue weighted by Crippen LogP contribution is 2.32. The second-order valence-electron chi connectivity index (χ2n) is 4.57. The Morgan fingerprint density at radius 2 is 1.95 bits per heavy atom. The van der Waals surface area contributed by atoms with Gasteiger partial charge in [-0.2, -0.15) is 0 Å². The summed E-state index contributed by atoms with van der Waals surface area (Å²) in [5.74, 6) is -0.167. The summed E-state index contributed by atoms with van der Waals surface area (Å²) in [5.41, 5.74) is 8.62. The molecule has 19 heavy (non-hydrogen) atoms. The smallest absolute Gasteiger partial charge is 0.0873 e. The van der Waals surface area contributed by atoms with Crippen LogP contribution in [-0.4, -0.2) is 16.6 Å². The Kier molecular flexibility index (Phi) is 4.53. The van der Waals surface area contributed by atoms with E-state index in [9.17, 15) is 5.11 Å². The van der Waals surface area contributed by atoms with E-state index in [4.69, 9.17) is 17.3 Å². The molecule has 2 unspecified atom stereocenters. The number of rotatable bonds is 4. The highest BCUT2D eigenvalue weighted by atomic mass is 35.5. The first kappa shape index (κ1) is 14.0. The predicted octanol–water partition coefficient (Wildman–Crippen LogP) is 2.82. The summed E-state index contributed by atoms with van der Waals surface area (Å²) in [7, 11) is 0. The van der Waals surface area contributed by atoms with Gasteiger partial charge in [-0.1, -0.05) is 17.7 Å². The number of halogens is 1. The minimum absolute atomic E-state index is 0.167. The molecule has 0 aliphatic carbocycles. The van der Waals surface area contributed by atoms with Crippen LogP contribution in [0.1, 0.15) is 28.7 Å². The molecule has 100 valence electrons. The third kappa shape index (κ3) is 3.13. The van der Waals surface area contributed by atoms with Crippen molar-refractivity contribution >= 4 is 11.6 Å². The first-order chi connectivity index (χ1) is 9.13. The van der Waals surface area contributed by atoms with Crippen LogP contribution in [0, 0.1) is 6.92 Å². The quantitative estimate of drug-likeness (QED) is 0.903. The fourth-order valence-electron chi connectivity index (χ4n) is 2.20. The van der Waals surface area contributed by atoms with Gasteiger partial charge in [-0.15, -0.1) is 0 Å². The normalized spacial score (nSPS) is 14.1. The molecule has 4 heteroatoms. The Bertz CT molecular complexity index is 545. The summed E-state index contributed by atoms with van der Waals surface area (Å²) in [6.45, 7) is 2.31. The number of aliphatic hydroxyl groups is 1. The third-order valence-corrected chi connectivity index (χ3v) is 3.56. The maximum Gasteiger partial charge on any atom is 0.0873 e. The van der Waals surface area contributed by atoms with Crippen molar-refractivity contribution in [2.24, 2.45) is 5.73 Å². The van der Waals surface area contributed by atoms with Crippen LogP contribution in [0.15, 0.2) is 42.7 Å². The van der Waals surface area contributed by atoms with E-state index in [0.29, 0.717) is 11.6 Å². The van der Waals surface area contributed by atoms with E-state index in [2.05, 4.69) is 4.98 Å². The number of nitrogens with zero attached hydrogens (tertiary/aromatic N) is 1. The molecule has 3 N–H and O–H groups in total. The van der Waals surface area contributed by atoms with Crippen molar-refractivity contribution in [1.29, 1.82) is 0 Å². The second kappa shape index (κ2) is 6.15. The number of benzene rings is 1. The van der Waals surface area contributed by atoms with Gasteiger partial charge in [0.2, 0.25) is 0 Å². The van der Waals surface area contributed by atoms with Crippen LogP contribution in [0.3, 0.4) is 0 Å². The number of hydrogen-bond donors (Lipinski definition) is 2. The molecule has 1 aromatic carbocycles. The van der Waals surface area contributed by atoms with Crippen molar-refractivity contribution in [1.82, 2.24) is 4.98 Å². The number of aromatic nitrogens is 1. The minimum atomic E-state index is -0.675. The third-order valence-electron chi connectivity index (χ3n) is 3.33. The van der Waals surface area contributed by atoms with E-state index < -0.39 is 6.10 Å². The summed E-state index contributed by atoms with van der Waals surface area (Å²) < 4.78 is 0. The number of aliphatic hydroxyl groups excluding tert-OH is 1. The number of pyridine rings is 1. The molecule has 0 aliphatic rings. The molecule has 0 aliphatic heterocycles. The lowest BCUT2D eigenvalue weighted by Gasteiger charge is -2.23. The Morgan fingerprint density at radius 3 is 2.58 bits per heavy atom. The molecule has 0 radical (unpaired) electrons. The van der Waals surface area contributed by atoms with Gasteiger partial charge in [0.25, 0.3) is 0 Å². The van der Waals surface area contributed by atoms with Crippen molar-refractivity contribution < 1.29 is 5.11 Å². The molecule has 1 aromatic heterocycles. The van der Waals surface area contributed by atoms with Crippen LogP contribution in [0.2, 0.25) is 5.02 Å². The first-order valence-corrected chi connectivity index (χ1v) is 6.55. The van der Waals surface area contributed by atoms with Gasteiger partial charge < -0.3 is 10.8 Å². The molecule has 0 saturated carbocycles. The minimum Gasteiger partial charge on any atom is -0.388 e. The van der Waals surface area contributed by atoms with Crippen molar-refractivity contribution in [2.75, 3.05) is 6.54 Å².